The van der Waals surface area contributed by atoms with E-state index in [-0.39, 0.29) is 0 Å². The molecule has 2 aliphatic rings. The predicted molar refractivity (Wildman–Crippen MR) is 78.2 cm³/mol. The molecule has 1 fully saturated rings. The van der Waals surface area contributed by atoms with Crippen LogP contribution >= 0.6 is 0 Å². The second-order valence-corrected chi connectivity index (χ2v) is 6.64. The fourth-order valence-electron chi connectivity index (χ4n) is 4.18. The summed E-state index contributed by atoms with van der Waals surface area (Å²) in [6.07, 6.45) is 6.30. The van der Waals surface area contributed by atoms with Crippen molar-refractivity contribution >= 4 is 0 Å². The zero-order valence-electron chi connectivity index (χ0n) is 12.6. The molecule has 0 bridgehead atoms. The van der Waals surface area contributed by atoms with Gasteiger partial charge < -0.3 is 9.88 Å². The van der Waals surface area contributed by atoms with E-state index in [4.69, 9.17) is 4.98 Å². The quantitative estimate of drug-likeness (QED) is 0.886. The Labute approximate surface area is 116 Å². The lowest BCUT2D eigenvalue weighted by atomic mass is 9.80. The molecular weight excluding hydrogens is 234 g/mol. The number of aromatic nitrogens is 2. The molecule has 19 heavy (non-hydrogen) atoms. The minimum Gasteiger partial charge on any atom is -0.329 e. The van der Waals surface area contributed by atoms with Gasteiger partial charge in [-0.1, -0.05) is 20.8 Å². The number of hydrogen-bond acceptors (Lipinski definition) is 2. The Balaban J connectivity index is 1.96. The number of nitrogens with zero attached hydrogens (tertiary/aromatic N) is 2. The molecule has 2 atom stereocenters. The lowest BCUT2D eigenvalue weighted by Gasteiger charge is -2.34. The Morgan fingerprint density at radius 3 is 2.63 bits per heavy atom. The fourth-order valence-corrected chi connectivity index (χ4v) is 4.18. The number of fused-ring (bicyclic) bond motifs is 1. The number of rotatable bonds is 2. The average Bonchev–Trinajstić information content (AvgIpc) is 2.75. The second-order valence-electron chi connectivity index (χ2n) is 6.64. The highest BCUT2D eigenvalue weighted by Crippen LogP contribution is 2.38. The van der Waals surface area contributed by atoms with Gasteiger partial charge in [-0.25, -0.2) is 4.98 Å². The van der Waals surface area contributed by atoms with Crippen molar-refractivity contribution in [2.45, 2.75) is 65.5 Å². The Hall–Kier alpha value is -0.830. The number of aryl methyl sites for hydroxylation is 1. The summed E-state index contributed by atoms with van der Waals surface area (Å²) in [7, 11) is 0. The van der Waals surface area contributed by atoms with E-state index in [9.17, 15) is 0 Å². The zero-order chi connectivity index (χ0) is 13.4. The Bertz CT molecular complexity index is 439. The Morgan fingerprint density at radius 2 is 1.95 bits per heavy atom. The van der Waals surface area contributed by atoms with Crippen LogP contribution < -0.4 is 5.32 Å². The lowest BCUT2D eigenvalue weighted by molar-refractivity contribution is 0.215. The van der Waals surface area contributed by atoms with Crippen LogP contribution in [0.15, 0.2) is 0 Å². The first-order chi connectivity index (χ1) is 9.19. The van der Waals surface area contributed by atoms with Crippen LogP contribution in [0, 0.1) is 11.8 Å². The molecule has 2 unspecified atom stereocenters. The van der Waals surface area contributed by atoms with E-state index in [1.165, 1.54) is 36.5 Å². The fraction of sp³-hybridized carbons (Fsp3) is 0.812. The highest BCUT2D eigenvalue weighted by Gasteiger charge is 2.29. The maximum Gasteiger partial charge on any atom is 0.109 e. The molecule has 0 radical (unpaired) electrons. The third-order valence-electron chi connectivity index (χ3n) is 4.83. The van der Waals surface area contributed by atoms with Gasteiger partial charge in [-0.2, -0.15) is 0 Å². The van der Waals surface area contributed by atoms with Crippen LogP contribution in [0.1, 0.15) is 63.3 Å². The molecule has 1 aromatic rings. The SMILES string of the molecule is CCc1nc2c(n1C1CC(C)CC(C)C1)CCNC2. The third-order valence-corrected chi connectivity index (χ3v) is 4.83. The predicted octanol–water partition coefficient (Wildman–Crippen LogP) is 3.09. The summed E-state index contributed by atoms with van der Waals surface area (Å²) in [5.41, 5.74) is 2.84. The molecule has 1 saturated carbocycles. The van der Waals surface area contributed by atoms with Crippen LogP contribution in [0.5, 0.6) is 0 Å². The van der Waals surface area contributed by atoms with E-state index in [1.807, 2.05) is 0 Å². The van der Waals surface area contributed by atoms with Crippen LogP contribution in [0.4, 0.5) is 0 Å². The first-order valence-corrected chi connectivity index (χ1v) is 7.98. The van der Waals surface area contributed by atoms with Crippen LogP contribution in [0.2, 0.25) is 0 Å². The molecule has 0 aromatic carbocycles. The molecule has 1 aliphatic carbocycles. The molecule has 0 saturated heterocycles. The zero-order valence-corrected chi connectivity index (χ0v) is 12.6. The monoisotopic (exact) mass is 261 g/mol. The normalized spacial score (nSPS) is 31.2. The number of imidazole rings is 1. The molecule has 3 rings (SSSR count). The molecule has 1 N–H and O–H groups in total. The highest BCUT2D eigenvalue weighted by molar-refractivity contribution is 5.21. The van der Waals surface area contributed by atoms with Gasteiger partial charge in [0.2, 0.25) is 0 Å². The lowest BCUT2D eigenvalue weighted by Crippen LogP contribution is -2.29. The molecule has 2 heterocycles. The highest BCUT2D eigenvalue weighted by atomic mass is 15.1. The molecule has 106 valence electrons. The largest absolute Gasteiger partial charge is 0.329 e. The second kappa shape index (κ2) is 5.28. The average molecular weight is 261 g/mol. The van der Waals surface area contributed by atoms with Crippen molar-refractivity contribution in [1.29, 1.82) is 0 Å². The van der Waals surface area contributed by atoms with E-state index < -0.39 is 0 Å². The van der Waals surface area contributed by atoms with Gasteiger partial charge in [0.15, 0.2) is 0 Å². The maximum atomic E-state index is 4.89. The van der Waals surface area contributed by atoms with Gasteiger partial charge in [0, 0.05) is 37.7 Å². The van der Waals surface area contributed by atoms with E-state index in [0.717, 1.165) is 37.8 Å². The summed E-state index contributed by atoms with van der Waals surface area (Å²) >= 11 is 0. The minimum absolute atomic E-state index is 0.697. The van der Waals surface area contributed by atoms with E-state index in [0.29, 0.717) is 6.04 Å². The molecule has 1 aliphatic heterocycles. The molecular formula is C16H27N3. The minimum atomic E-state index is 0.697. The van der Waals surface area contributed by atoms with E-state index >= 15 is 0 Å². The van der Waals surface area contributed by atoms with Gasteiger partial charge in [0.05, 0.1) is 5.69 Å². The van der Waals surface area contributed by atoms with Crippen molar-refractivity contribution in [2.75, 3.05) is 6.54 Å². The van der Waals surface area contributed by atoms with Gasteiger partial charge in [0.25, 0.3) is 0 Å². The molecule has 0 amide bonds. The van der Waals surface area contributed by atoms with Gasteiger partial charge in [-0.15, -0.1) is 0 Å². The van der Waals surface area contributed by atoms with E-state index in [2.05, 4.69) is 30.7 Å². The summed E-state index contributed by atoms with van der Waals surface area (Å²) in [5.74, 6) is 3.04. The van der Waals surface area contributed by atoms with Crippen LogP contribution in [0.25, 0.3) is 0 Å². The van der Waals surface area contributed by atoms with Crippen molar-refractivity contribution < 1.29 is 0 Å². The van der Waals surface area contributed by atoms with Crippen molar-refractivity contribution in [3.63, 3.8) is 0 Å². The summed E-state index contributed by atoms with van der Waals surface area (Å²) in [6, 6.07) is 0.697. The standard InChI is InChI=1S/C16H27N3/c1-4-16-18-14-10-17-6-5-15(14)19(16)13-8-11(2)7-12(3)9-13/h11-13,17H,4-10H2,1-3H3. The van der Waals surface area contributed by atoms with Gasteiger partial charge in [-0.3, -0.25) is 0 Å². The van der Waals surface area contributed by atoms with Gasteiger partial charge in [-0.05, 0) is 31.1 Å². The van der Waals surface area contributed by atoms with Crippen LogP contribution in [0.3, 0.4) is 0 Å². The van der Waals surface area contributed by atoms with Crippen molar-refractivity contribution in [3.05, 3.63) is 17.2 Å². The smallest absolute Gasteiger partial charge is 0.109 e. The van der Waals surface area contributed by atoms with Gasteiger partial charge >= 0.3 is 0 Å². The van der Waals surface area contributed by atoms with Crippen LogP contribution in [-0.2, 0) is 19.4 Å². The van der Waals surface area contributed by atoms with Crippen molar-refractivity contribution in [3.8, 4) is 0 Å². The summed E-state index contributed by atoms with van der Waals surface area (Å²) in [6.45, 7) is 9.15. The van der Waals surface area contributed by atoms with E-state index in [1.54, 1.807) is 0 Å². The topological polar surface area (TPSA) is 29.9 Å². The van der Waals surface area contributed by atoms with Crippen molar-refractivity contribution in [1.82, 2.24) is 14.9 Å². The third kappa shape index (κ3) is 2.45. The van der Waals surface area contributed by atoms with Crippen molar-refractivity contribution in [2.24, 2.45) is 11.8 Å². The first-order valence-electron chi connectivity index (χ1n) is 7.98. The first kappa shape index (κ1) is 13.2. The maximum absolute atomic E-state index is 4.89. The van der Waals surface area contributed by atoms with Gasteiger partial charge in [0.1, 0.15) is 5.82 Å². The number of nitrogens with one attached hydrogen (secondary N) is 1. The number of hydrogen-bond donors (Lipinski definition) is 1. The molecule has 0 spiro atoms. The molecule has 1 aromatic heterocycles. The molecule has 3 heteroatoms. The summed E-state index contributed by atoms with van der Waals surface area (Å²) in [5, 5.41) is 3.45. The summed E-state index contributed by atoms with van der Waals surface area (Å²) < 4.78 is 2.63. The Morgan fingerprint density at radius 1 is 1.21 bits per heavy atom. The molecule has 3 nitrogen and oxygen atoms in total. The summed E-state index contributed by atoms with van der Waals surface area (Å²) in [4.78, 5) is 4.89. The Kier molecular flexibility index (Phi) is 3.66. The van der Waals surface area contributed by atoms with Crippen LogP contribution in [-0.4, -0.2) is 16.1 Å².